The zero-order valence-corrected chi connectivity index (χ0v) is 12.3. The van der Waals surface area contributed by atoms with Gasteiger partial charge < -0.3 is 5.32 Å². The van der Waals surface area contributed by atoms with Crippen molar-refractivity contribution in [3.05, 3.63) is 52.8 Å². The van der Waals surface area contributed by atoms with E-state index in [1.165, 1.54) is 0 Å². The molecule has 1 aromatic carbocycles. The Morgan fingerprint density at radius 1 is 1.33 bits per heavy atom. The molecule has 5 nitrogen and oxygen atoms in total. The quantitative estimate of drug-likeness (QED) is 0.790. The normalized spacial score (nSPS) is 10.8. The predicted octanol–water partition coefficient (Wildman–Crippen LogP) is 3.18. The second-order valence-corrected chi connectivity index (χ2v) is 5.21. The monoisotopic (exact) mass is 300 g/mol. The van der Waals surface area contributed by atoms with Crippen LogP contribution in [0.25, 0.3) is 11.0 Å². The van der Waals surface area contributed by atoms with Crippen LogP contribution in [0.5, 0.6) is 0 Å². The van der Waals surface area contributed by atoms with Gasteiger partial charge in [0.1, 0.15) is 0 Å². The van der Waals surface area contributed by atoms with E-state index in [9.17, 15) is 4.79 Å². The lowest BCUT2D eigenvalue weighted by molar-refractivity contribution is 0.102. The van der Waals surface area contributed by atoms with Crippen LogP contribution in [0.15, 0.2) is 36.5 Å². The maximum absolute atomic E-state index is 12.3. The molecule has 6 heteroatoms. The van der Waals surface area contributed by atoms with Crippen LogP contribution >= 0.6 is 11.6 Å². The summed E-state index contributed by atoms with van der Waals surface area (Å²) in [7, 11) is 1.83. The highest BCUT2D eigenvalue weighted by Crippen LogP contribution is 2.19. The lowest BCUT2D eigenvalue weighted by Gasteiger charge is -2.05. The summed E-state index contributed by atoms with van der Waals surface area (Å²) in [4.78, 5) is 16.6. The summed E-state index contributed by atoms with van der Waals surface area (Å²) in [5.41, 5.74) is 2.73. The van der Waals surface area contributed by atoms with Crippen molar-refractivity contribution >= 4 is 34.2 Å². The molecule has 2 heterocycles. The van der Waals surface area contributed by atoms with Crippen LogP contribution in [0.1, 0.15) is 16.1 Å². The predicted molar refractivity (Wildman–Crippen MR) is 82.7 cm³/mol. The molecule has 0 spiro atoms. The van der Waals surface area contributed by atoms with Gasteiger partial charge in [0, 0.05) is 29.3 Å². The minimum absolute atomic E-state index is 0.227. The molecular formula is C15H13ClN4O. The van der Waals surface area contributed by atoms with E-state index >= 15 is 0 Å². The maximum Gasteiger partial charge on any atom is 0.257 e. The van der Waals surface area contributed by atoms with Gasteiger partial charge in [0.25, 0.3) is 5.91 Å². The molecule has 0 bridgehead atoms. The third kappa shape index (κ3) is 2.60. The molecular weight excluding hydrogens is 288 g/mol. The molecule has 0 aliphatic carbocycles. The van der Waals surface area contributed by atoms with E-state index < -0.39 is 0 Å². The van der Waals surface area contributed by atoms with Gasteiger partial charge in [-0.3, -0.25) is 9.48 Å². The average Bonchev–Trinajstić information content (AvgIpc) is 2.73. The Labute approximate surface area is 126 Å². The first-order chi connectivity index (χ1) is 10.0. The van der Waals surface area contributed by atoms with Gasteiger partial charge in [0.2, 0.25) is 0 Å². The lowest BCUT2D eigenvalue weighted by atomic mass is 10.2. The summed E-state index contributed by atoms with van der Waals surface area (Å²) in [6, 6.07) is 8.81. The minimum atomic E-state index is -0.227. The zero-order valence-electron chi connectivity index (χ0n) is 11.6. The van der Waals surface area contributed by atoms with Gasteiger partial charge in [0.05, 0.1) is 11.3 Å². The number of aromatic nitrogens is 3. The third-order valence-corrected chi connectivity index (χ3v) is 3.44. The highest BCUT2D eigenvalue weighted by atomic mass is 35.5. The highest BCUT2D eigenvalue weighted by molar-refractivity contribution is 6.31. The molecule has 0 saturated carbocycles. The first-order valence-electron chi connectivity index (χ1n) is 6.41. The number of carbonyl (C=O) groups is 1. The number of pyridine rings is 1. The van der Waals surface area contributed by atoms with Crippen molar-refractivity contribution in [1.82, 2.24) is 14.8 Å². The van der Waals surface area contributed by atoms with Crippen LogP contribution in [0.3, 0.4) is 0 Å². The number of carbonyl (C=O) groups excluding carboxylic acids is 1. The number of amides is 1. The van der Waals surface area contributed by atoms with Crippen molar-refractivity contribution in [1.29, 1.82) is 0 Å². The van der Waals surface area contributed by atoms with Gasteiger partial charge in [-0.1, -0.05) is 17.7 Å². The fraction of sp³-hybridized carbons (Fsp3) is 0.133. The Balaban J connectivity index is 1.93. The van der Waals surface area contributed by atoms with Crippen LogP contribution < -0.4 is 5.32 Å². The molecule has 1 N–H and O–H groups in total. The van der Waals surface area contributed by atoms with Crippen LogP contribution in [-0.4, -0.2) is 20.7 Å². The van der Waals surface area contributed by atoms with Crippen LogP contribution in [0.2, 0.25) is 5.02 Å². The number of hydrogen-bond donors (Lipinski definition) is 1. The van der Waals surface area contributed by atoms with Gasteiger partial charge in [-0.15, -0.1) is 0 Å². The van der Waals surface area contributed by atoms with Crippen LogP contribution in [-0.2, 0) is 7.05 Å². The van der Waals surface area contributed by atoms with Crippen molar-refractivity contribution in [2.24, 2.45) is 7.05 Å². The number of aryl methyl sites for hydroxylation is 2. The molecule has 0 saturated heterocycles. The van der Waals surface area contributed by atoms with Gasteiger partial charge >= 0.3 is 0 Å². The van der Waals surface area contributed by atoms with Crippen molar-refractivity contribution in [3.63, 3.8) is 0 Å². The molecule has 0 unspecified atom stereocenters. The summed E-state index contributed by atoms with van der Waals surface area (Å²) >= 11 is 5.90. The molecule has 0 atom stereocenters. The van der Waals surface area contributed by atoms with E-state index in [4.69, 9.17) is 11.6 Å². The minimum Gasteiger partial charge on any atom is -0.322 e. The molecule has 0 aliphatic rings. The van der Waals surface area contributed by atoms with E-state index in [0.717, 1.165) is 16.7 Å². The van der Waals surface area contributed by atoms with Crippen molar-refractivity contribution < 1.29 is 4.79 Å². The third-order valence-electron chi connectivity index (χ3n) is 3.21. The maximum atomic E-state index is 12.3. The number of nitrogens with one attached hydrogen (secondary N) is 1. The summed E-state index contributed by atoms with van der Waals surface area (Å²) in [5.74, 6) is -0.227. The van der Waals surface area contributed by atoms with Crippen molar-refractivity contribution in [3.8, 4) is 0 Å². The first-order valence-corrected chi connectivity index (χ1v) is 6.78. The number of nitrogens with zero attached hydrogens (tertiary/aromatic N) is 3. The molecule has 0 aliphatic heterocycles. The average molecular weight is 301 g/mol. The Kier molecular flexibility index (Phi) is 3.35. The van der Waals surface area contributed by atoms with Gasteiger partial charge in [-0.25, -0.2) is 4.98 Å². The molecule has 106 valence electrons. The Hall–Kier alpha value is -2.40. The van der Waals surface area contributed by atoms with E-state index in [1.807, 2.05) is 14.0 Å². The lowest BCUT2D eigenvalue weighted by Crippen LogP contribution is -2.12. The Morgan fingerprint density at radius 2 is 2.14 bits per heavy atom. The second kappa shape index (κ2) is 5.18. The van der Waals surface area contributed by atoms with Crippen molar-refractivity contribution in [2.75, 3.05) is 5.32 Å². The largest absolute Gasteiger partial charge is 0.322 e. The number of fused-ring (bicyclic) bond motifs is 1. The summed E-state index contributed by atoms with van der Waals surface area (Å²) in [6.07, 6.45) is 1.54. The number of hydrogen-bond acceptors (Lipinski definition) is 3. The van der Waals surface area contributed by atoms with E-state index in [-0.39, 0.29) is 5.91 Å². The smallest absolute Gasteiger partial charge is 0.257 e. The zero-order chi connectivity index (χ0) is 15.0. The van der Waals surface area contributed by atoms with E-state index in [0.29, 0.717) is 16.3 Å². The van der Waals surface area contributed by atoms with E-state index in [2.05, 4.69) is 15.4 Å². The summed E-state index contributed by atoms with van der Waals surface area (Å²) < 4.78 is 1.70. The number of halogens is 1. The molecule has 1 amide bonds. The Bertz CT molecular complexity index is 841. The number of anilines is 1. The standard InChI is InChI=1S/C15H13ClN4O/c1-9-13-6-10(8-17-14(13)20(2)19-9)15(21)18-12-5-3-4-11(16)7-12/h3-8H,1-2H3,(H,18,21). The second-order valence-electron chi connectivity index (χ2n) is 4.77. The molecule has 0 radical (unpaired) electrons. The van der Waals surface area contributed by atoms with Crippen LogP contribution in [0.4, 0.5) is 5.69 Å². The molecule has 2 aromatic heterocycles. The van der Waals surface area contributed by atoms with Crippen molar-refractivity contribution in [2.45, 2.75) is 6.92 Å². The fourth-order valence-corrected chi connectivity index (χ4v) is 2.39. The van der Waals surface area contributed by atoms with Gasteiger partial charge in [-0.2, -0.15) is 5.10 Å². The van der Waals surface area contributed by atoms with Gasteiger partial charge in [-0.05, 0) is 31.2 Å². The summed E-state index contributed by atoms with van der Waals surface area (Å²) in [5, 5.41) is 8.54. The number of benzene rings is 1. The molecule has 3 rings (SSSR count). The molecule has 0 fully saturated rings. The fourth-order valence-electron chi connectivity index (χ4n) is 2.20. The number of rotatable bonds is 2. The topological polar surface area (TPSA) is 59.8 Å². The van der Waals surface area contributed by atoms with Crippen LogP contribution in [0, 0.1) is 6.92 Å². The summed E-state index contributed by atoms with van der Waals surface area (Å²) in [6.45, 7) is 1.89. The van der Waals surface area contributed by atoms with Gasteiger partial charge in [0.15, 0.2) is 5.65 Å². The first kappa shape index (κ1) is 13.6. The van der Waals surface area contributed by atoms with E-state index in [1.54, 1.807) is 41.2 Å². The molecule has 3 aromatic rings. The SMILES string of the molecule is Cc1nn(C)c2ncc(C(=O)Nc3cccc(Cl)c3)cc12. The Morgan fingerprint density at radius 3 is 2.90 bits per heavy atom. The highest BCUT2D eigenvalue weighted by Gasteiger charge is 2.12. The molecule has 21 heavy (non-hydrogen) atoms.